The molecule has 2 rings (SSSR count). The molecule has 0 radical (unpaired) electrons. The summed E-state index contributed by atoms with van der Waals surface area (Å²) >= 11 is 0. The Morgan fingerprint density at radius 3 is 2.14 bits per heavy atom. The fourth-order valence-corrected chi connectivity index (χ4v) is 2.52. The van der Waals surface area contributed by atoms with Crippen LogP contribution in [0.2, 0.25) is 0 Å². The van der Waals surface area contributed by atoms with Gasteiger partial charge in [0.25, 0.3) is 0 Å². The van der Waals surface area contributed by atoms with E-state index < -0.39 is 27.8 Å². The second-order valence-corrected chi connectivity index (χ2v) is 5.51. The molecule has 0 saturated heterocycles. The first-order valence-electron chi connectivity index (χ1n) is 5.51. The molecule has 0 aliphatic rings. The lowest BCUT2D eigenvalue weighted by atomic mass is 10.0. The molecule has 0 bridgehead atoms. The van der Waals surface area contributed by atoms with Crippen molar-refractivity contribution in [1.82, 2.24) is 3.97 Å². The van der Waals surface area contributed by atoms with Gasteiger partial charge in [-0.2, -0.15) is 8.42 Å². The smallest absolute Gasteiger partial charge is 0.354 e. The third-order valence-electron chi connectivity index (χ3n) is 2.76. The van der Waals surface area contributed by atoms with Crippen LogP contribution in [0.25, 0.3) is 11.1 Å². The third-order valence-corrected chi connectivity index (χ3v) is 3.61. The highest BCUT2D eigenvalue weighted by molar-refractivity contribution is 7.87. The molecule has 0 spiro atoms. The number of benzene rings is 1. The van der Waals surface area contributed by atoms with Crippen LogP contribution in [0.1, 0.15) is 20.8 Å². The Morgan fingerprint density at radius 1 is 1.14 bits per heavy atom. The van der Waals surface area contributed by atoms with Gasteiger partial charge < -0.3 is 15.0 Å². The van der Waals surface area contributed by atoms with Crippen molar-refractivity contribution in [1.29, 1.82) is 0 Å². The van der Waals surface area contributed by atoms with Crippen LogP contribution in [0.15, 0.2) is 36.5 Å². The maximum Gasteiger partial charge on any atom is 0.354 e. The van der Waals surface area contributed by atoms with E-state index in [0.29, 0.717) is 9.54 Å². The lowest BCUT2D eigenvalue weighted by Crippen LogP contribution is -2.24. The summed E-state index contributed by atoms with van der Waals surface area (Å²) in [4.78, 5) is 21.9. The van der Waals surface area contributed by atoms with E-state index in [1.807, 2.05) is 0 Å². The minimum Gasteiger partial charge on any atom is -0.545 e. The number of hydrogen-bond donors (Lipinski definition) is 2. The number of rotatable bonds is 4. The normalized spacial score (nSPS) is 11.3. The zero-order valence-electron chi connectivity index (χ0n) is 10.4. The summed E-state index contributed by atoms with van der Waals surface area (Å²) in [5, 5.41) is 24.7. The maximum atomic E-state index is 11.3. The number of nitrogens with two attached hydrogens (primary N) is 1. The van der Waals surface area contributed by atoms with E-state index in [9.17, 15) is 23.1 Å². The molecule has 1 aromatic heterocycles. The molecule has 1 aromatic carbocycles. The van der Waals surface area contributed by atoms with Gasteiger partial charge in [0, 0.05) is 11.8 Å². The number of aromatic nitrogens is 1. The van der Waals surface area contributed by atoms with Crippen molar-refractivity contribution in [2.24, 2.45) is 5.14 Å². The number of carboxylic acids is 2. The van der Waals surface area contributed by atoms with Crippen molar-refractivity contribution in [2.75, 3.05) is 0 Å². The van der Waals surface area contributed by atoms with E-state index in [1.165, 1.54) is 30.3 Å². The Balaban J connectivity index is 2.62. The summed E-state index contributed by atoms with van der Waals surface area (Å²) in [6.07, 6.45) is 1.01. The van der Waals surface area contributed by atoms with Gasteiger partial charge in [-0.3, -0.25) is 0 Å². The monoisotopic (exact) mass is 309 g/mol. The molecule has 1 heterocycles. The SMILES string of the molecule is NS(=O)(=O)n1ccc(-c2ccc(C(=O)[O-])cc2)c1C(=O)O. The fraction of sp³-hybridized carbons (Fsp3) is 0. The Bertz CT molecular complexity index is 820. The van der Waals surface area contributed by atoms with Crippen molar-refractivity contribution in [3.05, 3.63) is 47.8 Å². The van der Waals surface area contributed by atoms with Crippen molar-refractivity contribution in [3.63, 3.8) is 0 Å². The molecular weight excluding hydrogens is 300 g/mol. The summed E-state index contributed by atoms with van der Waals surface area (Å²) in [7, 11) is -4.26. The lowest BCUT2D eigenvalue weighted by Gasteiger charge is -2.07. The highest BCUT2D eigenvalue weighted by Crippen LogP contribution is 2.26. The average molecular weight is 309 g/mol. The van der Waals surface area contributed by atoms with Crippen LogP contribution in [-0.2, 0) is 10.2 Å². The Morgan fingerprint density at radius 2 is 1.71 bits per heavy atom. The van der Waals surface area contributed by atoms with Crippen LogP contribution in [0.5, 0.6) is 0 Å². The van der Waals surface area contributed by atoms with Crippen molar-refractivity contribution in [3.8, 4) is 11.1 Å². The molecule has 21 heavy (non-hydrogen) atoms. The molecule has 0 saturated carbocycles. The van der Waals surface area contributed by atoms with Gasteiger partial charge in [-0.05, 0) is 17.2 Å². The number of hydrogen-bond acceptors (Lipinski definition) is 5. The first-order valence-corrected chi connectivity index (χ1v) is 7.02. The van der Waals surface area contributed by atoms with Crippen LogP contribution in [0, 0.1) is 0 Å². The molecule has 110 valence electrons. The van der Waals surface area contributed by atoms with Gasteiger partial charge >= 0.3 is 16.2 Å². The maximum absolute atomic E-state index is 11.3. The molecule has 3 N–H and O–H groups in total. The predicted molar refractivity (Wildman–Crippen MR) is 69.7 cm³/mol. The van der Waals surface area contributed by atoms with Crippen molar-refractivity contribution in [2.45, 2.75) is 0 Å². The van der Waals surface area contributed by atoms with Crippen LogP contribution >= 0.6 is 0 Å². The second-order valence-electron chi connectivity index (χ2n) is 4.09. The van der Waals surface area contributed by atoms with E-state index in [-0.39, 0.29) is 11.1 Å². The number of aromatic carboxylic acids is 2. The fourth-order valence-electron chi connectivity index (χ4n) is 1.85. The molecule has 8 nitrogen and oxygen atoms in total. The molecule has 0 amide bonds. The van der Waals surface area contributed by atoms with E-state index in [4.69, 9.17) is 10.2 Å². The molecule has 2 aromatic rings. The Kier molecular flexibility index (Phi) is 3.54. The summed E-state index contributed by atoms with van der Waals surface area (Å²) < 4.78 is 23.1. The summed E-state index contributed by atoms with van der Waals surface area (Å²) in [6, 6.07) is 6.41. The highest BCUT2D eigenvalue weighted by Gasteiger charge is 2.22. The van der Waals surface area contributed by atoms with E-state index in [1.54, 1.807) is 0 Å². The van der Waals surface area contributed by atoms with Crippen molar-refractivity contribution < 1.29 is 28.2 Å². The van der Waals surface area contributed by atoms with E-state index >= 15 is 0 Å². The molecule has 9 heteroatoms. The summed E-state index contributed by atoms with van der Waals surface area (Å²) in [6.45, 7) is 0. The zero-order chi connectivity index (χ0) is 15.8. The Labute approximate surface area is 119 Å². The van der Waals surface area contributed by atoms with Gasteiger partial charge in [0.1, 0.15) is 0 Å². The number of carbonyl (C=O) groups excluding carboxylic acids is 1. The second kappa shape index (κ2) is 5.04. The number of nitrogens with zero attached hydrogens (tertiary/aromatic N) is 1. The van der Waals surface area contributed by atoms with Gasteiger partial charge in [-0.15, -0.1) is 0 Å². The van der Waals surface area contributed by atoms with E-state index in [0.717, 1.165) is 6.20 Å². The van der Waals surface area contributed by atoms with Gasteiger partial charge in [0.2, 0.25) is 0 Å². The summed E-state index contributed by atoms with van der Waals surface area (Å²) in [5.74, 6) is -2.85. The number of carbonyl (C=O) groups is 2. The van der Waals surface area contributed by atoms with Gasteiger partial charge in [-0.25, -0.2) is 13.9 Å². The minimum atomic E-state index is -4.26. The Hall–Kier alpha value is -2.65. The van der Waals surface area contributed by atoms with Crippen LogP contribution in [0.3, 0.4) is 0 Å². The minimum absolute atomic E-state index is 0.0819. The van der Waals surface area contributed by atoms with E-state index in [2.05, 4.69) is 0 Å². The lowest BCUT2D eigenvalue weighted by molar-refractivity contribution is -0.255. The standard InChI is InChI=1S/C12H10N2O6S/c13-21(19,20)14-6-5-9(10(14)12(17)18)7-1-3-8(4-2-7)11(15)16/h1-6H,(H,15,16)(H,17,18)(H2,13,19,20)/p-1. The van der Waals surface area contributed by atoms with Crippen LogP contribution in [0.4, 0.5) is 0 Å². The van der Waals surface area contributed by atoms with Gasteiger partial charge in [-0.1, -0.05) is 24.3 Å². The molecule has 0 atom stereocenters. The quantitative estimate of drug-likeness (QED) is 0.762. The topological polar surface area (TPSA) is 143 Å². The average Bonchev–Trinajstić information content (AvgIpc) is 2.83. The van der Waals surface area contributed by atoms with Gasteiger partial charge in [0.05, 0.1) is 5.97 Å². The third kappa shape index (κ3) is 2.78. The molecular formula is C12H9N2O6S-. The molecule has 0 fully saturated rings. The zero-order valence-corrected chi connectivity index (χ0v) is 11.2. The van der Waals surface area contributed by atoms with Crippen molar-refractivity contribution >= 4 is 22.1 Å². The first kappa shape index (κ1) is 14.8. The highest BCUT2D eigenvalue weighted by atomic mass is 32.2. The molecule has 0 aliphatic carbocycles. The largest absolute Gasteiger partial charge is 0.545 e. The number of carboxylic acid groups (broad SMARTS) is 2. The summed E-state index contributed by atoms with van der Waals surface area (Å²) in [5.41, 5.74) is -0.179. The van der Waals surface area contributed by atoms with Crippen LogP contribution in [-0.4, -0.2) is 29.4 Å². The predicted octanol–water partition coefficient (Wildman–Crippen LogP) is -0.732. The molecule has 0 aliphatic heterocycles. The molecule has 0 unspecified atom stereocenters. The van der Waals surface area contributed by atoms with Crippen LogP contribution < -0.4 is 10.2 Å². The van der Waals surface area contributed by atoms with Gasteiger partial charge in [0.15, 0.2) is 5.69 Å². The first-order chi connectivity index (χ1) is 9.71.